The molecule has 1 N–H and O–H groups in total. The normalized spacial score (nSPS) is 34.6. The van der Waals surface area contributed by atoms with Crippen LogP contribution in [0.15, 0.2) is 0 Å². The van der Waals surface area contributed by atoms with Crippen LogP contribution in [0.3, 0.4) is 0 Å². The molecule has 3 atom stereocenters. The third-order valence-corrected chi connectivity index (χ3v) is 2.93. The van der Waals surface area contributed by atoms with Gasteiger partial charge < -0.3 is 5.11 Å². The van der Waals surface area contributed by atoms with Crippen LogP contribution < -0.4 is 0 Å². The van der Waals surface area contributed by atoms with E-state index in [0.29, 0.717) is 6.04 Å². The molecule has 1 saturated carbocycles. The first-order chi connectivity index (χ1) is 5.13. The molecule has 1 aliphatic carbocycles. The lowest BCUT2D eigenvalue weighted by Gasteiger charge is -2.30. The fourth-order valence-corrected chi connectivity index (χ4v) is 2.01. The summed E-state index contributed by atoms with van der Waals surface area (Å²) >= 11 is 0. The maximum Gasteiger partial charge on any atom is 0.104 e. The van der Waals surface area contributed by atoms with Crippen LogP contribution >= 0.6 is 0 Å². The van der Waals surface area contributed by atoms with Crippen LogP contribution in [-0.2, 0) is 0 Å². The second kappa shape index (κ2) is 3.55. The average molecular weight is 157 g/mol. The van der Waals surface area contributed by atoms with Crippen LogP contribution in [0.5, 0.6) is 0 Å². The van der Waals surface area contributed by atoms with Gasteiger partial charge in [-0.2, -0.15) is 0 Å². The molecule has 0 amide bonds. The maximum atomic E-state index is 9.32. The molecule has 2 nitrogen and oxygen atoms in total. The summed E-state index contributed by atoms with van der Waals surface area (Å²) in [6.45, 7) is 4.11. The highest BCUT2D eigenvalue weighted by atomic mass is 16.3. The number of hydrogen-bond donors (Lipinski definition) is 1. The number of aliphatic hydroxyl groups excluding tert-OH is 1. The van der Waals surface area contributed by atoms with Crippen LogP contribution in [0.1, 0.15) is 33.1 Å². The van der Waals surface area contributed by atoms with Crippen molar-refractivity contribution in [3.05, 3.63) is 0 Å². The smallest absolute Gasteiger partial charge is 0.104 e. The Morgan fingerprint density at radius 3 is 2.45 bits per heavy atom. The molecule has 1 aliphatic rings. The molecule has 0 radical (unpaired) electrons. The van der Waals surface area contributed by atoms with Crippen molar-refractivity contribution in [3.63, 3.8) is 0 Å². The molecule has 0 aliphatic heterocycles. The van der Waals surface area contributed by atoms with E-state index in [0.717, 1.165) is 5.92 Å². The minimum absolute atomic E-state index is 0.291. The predicted molar refractivity (Wildman–Crippen MR) is 46.2 cm³/mol. The van der Waals surface area contributed by atoms with E-state index in [2.05, 4.69) is 11.8 Å². The van der Waals surface area contributed by atoms with Crippen LogP contribution in [-0.4, -0.2) is 29.3 Å². The highest BCUT2D eigenvalue weighted by Crippen LogP contribution is 2.29. The molecular weight excluding hydrogens is 138 g/mol. The summed E-state index contributed by atoms with van der Waals surface area (Å²) in [6, 6.07) is 0.606. The van der Waals surface area contributed by atoms with Crippen molar-refractivity contribution in [2.24, 2.45) is 5.92 Å². The van der Waals surface area contributed by atoms with Crippen molar-refractivity contribution < 1.29 is 5.11 Å². The second-order valence-electron chi connectivity index (χ2n) is 3.77. The Morgan fingerprint density at radius 2 is 2.09 bits per heavy atom. The molecule has 0 bridgehead atoms. The summed E-state index contributed by atoms with van der Waals surface area (Å²) in [7, 11) is 2.01. The van der Waals surface area contributed by atoms with Crippen LogP contribution in [0.2, 0.25) is 0 Å². The molecule has 2 heteroatoms. The van der Waals surface area contributed by atoms with Crippen molar-refractivity contribution in [2.45, 2.75) is 45.4 Å². The van der Waals surface area contributed by atoms with E-state index >= 15 is 0 Å². The zero-order valence-corrected chi connectivity index (χ0v) is 7.75. The van der Waals surface area contributed by atoms with Gasteiger partial charge in [0.15, 0.2) is 0 Å². The molecule has 0 heterocycles. The lowest BCUT2D eigenvalue weighted by molar-refractivity contribution is -0.000408. The van der Waals surface area contributed by atoms with E-state index in [9.17, 15) is 5.11 Å². The fraction of sp³-hybridized carbons (Fsp3) is 1.00. The molecular formula is C9H19NO. The quantitative estimate of drug-likeness (QED) is 0.613. The number of rotatable bonds is 2. The summed E-state index contributed by atoms with van der Waals surface area (Å²) < 4.78 is 0. The summed E-state index contributed by atoms with van der Waals surface area (Å²) in [5, 5.41) is 9.32. The number of aliphatic hydroxyl groups is 1. The molecule has 0 spiro atoms. The molecule has 0 aromatic carbocycles. The van der Waals surface area contributed by atoms with E-state index < -0.39 is 0 Å². The highest BCUT2D eigenvalue weighted by molar-refractivity contribution is 4.81. The highest BCUT2D eigenvalue weighted by Gasteiger charge is 2.28. The average Bonchev–Trinajstić information content (AvgIpc) is 2.33. The van der Waals surface area contributed by atoms with Crippen LogP contribution in [0.4, 0.5) is 0 Å². The third-order valence-electron chi connectivity index (χ3n) is 2.93. The van der Waals surface area contributed by atoms with Gasteiger partial charge in [-0.1, -0.05) is 13.3 Å². The van der Waals surface area contributed by atoms with Gasteiger partial charge in [-0.3, -0.25) is 4.90 Å². The van der Waals surface area contributed by atoms with E-state index in [4.69, 9.17) is 0 Å². The lowest BCUT2D eigenvalue weighted by Crippen LogP contribution is -2.39. The van der Waals surface area contributed by atoms with Crippen molar-refractivity contribution in [3.8, 4) is 0 Å². The van der Waals surface area contributed by atoms with E-state index in [1.807, 2.05) is 14.0 Å². The Kier molecular flexibility index (Phi) is 2.90. The zero-order valence-electron chi connectivity index (χ0n) is 7.75. The van der Waals surface area contributed by atoms with E-state index in [1.165, 1.54) is 19.3 Å². The van der Waals surface area contributed by atoms with Gasteiger partial charge in [0.25, 0.3) is 0 Å². The van der Waals surface area contributed by atoms with E-state index in [-0.39, 0.29) is 6.23 Å². The Bertz CT molecular complexity index is 125. The minimum Gasteiger partial charge on any atom is -0.379 e. The van der Waals surface area contributed by atoms with Crippen molar-refractivity contribution in [2.75, 3.05) is 7.05 Å². The van der Waals surface area contributed by atoms with Crippen molar-refractivity contribution in [1.29, 1.82) is 0 Å². The first-order valence-corrected chi connectivity index (χ1v) is 4.53. The molecule has 1 fully saturated rings. The molecule has 1 rings (SSSR count). The number of hydrogen-bond acceptors (Lipinski definition) is 2. The van der Waals surface area contributed by atoms with E-state index in [1.54, 1.807) is 0 Å². The first kappa shape index (κ1) is 9.01. The summed E-state index contributed by atoms with van der Waals surface area (Å²) in [4.78, 5) is 2.08. The van der Waals surface area contributed by atoms with Gasteiger partial charge in [0.2, 0.25) is 0 Å². The third kappa shape index (κ3) is 1.94. The molecule has 0 saturated heterocycles. The van der Waals surface area contributed by atoms with Crippen LogP contribution in [0.25, 0.3) is 0 Å². The van der Waals surface area contributed by atoms with Gasteiger partial charge in [-0.15, -0.1) is 0 Å². The molecule has 0 aromatic rings. The lowest BCUT2D eigenvalue weighted by atomic mass is 10.1. The zero-order chi connectivity index (χ0) is 8.43. The minimum atomic E-state index is -0.291. The summed E-state index contributed by atoms with van der Waals surface area (Å²) in [5.41, 5.74) is 0. The van der Waals surface area contributed by atoms with Gasteiger partial charge in [-0.05, 0) is 32.7 Å². The fourth-order valence-electron chi connectivity index (χ4n) is 2.01. The first-order valence-electron chi connectivity index (χ1n) is 4.53. The predicted octanol–water partition coefficient (Wildman–Crippen LogP) is 1.45. The Labute approximate surface area is 69.2 Å². The van der Waals surface area contributed by atoms with Gasteiger partial charge in [0.1, 0.15) is 6.23 Å². The molecule has 0 aromatic heterocycles. The van der Waals surface area contributed by atoms with Crippen molar-refractivity contribution >= 4 is 0 Å². The summed E-state index contributed by atoms with van der Waals surface area (Å²) in [6.07, 6.45) is 3.60. The van der Waals surface area contributed by atoms with Crippen molar-refractivity contribution in [1.82, 2.24) is 4.90 Å². The largest absolute Gasteiger partial charge is 0.379 e. The van der Waals surface area contributed by atoms with Gasteiger partial charge in [0.05, 0.1) is 0 Å². The Hall–Kier alpha value is -0.0800. The number of nitrogens with zero attached hydrogens (tertiary/aromatic N) is 1. The SMILES string of the molecule is CC1CCCC1N(C)C(C)O. The van der Waals surface area contributed by atoms with Gasteiger partial charge >= 0.3 is 0 Å². The maximum absolute atomic E-state index is 9.32. The Balaban J connectivity index is 2.45. The van der Waals surface area contributed by atoms with Crippen LogP contribution in [0, 0.1) is 5.92 Å². The molecule has 66 valence electrons. The molecule has 3 unspecified atom stereocenters. The Morgan fingerprint density at radius 1 is 1.45 bits per heavy atom. The van der Waals surface area contributed by atoms with Gasteiger partial charge in [-0.25, -0.2) is 0 Å². The monoisotopic (exact) mass is 157 g/mol. The topological polar surface area (TPSA) is 23.5 Å². The molecule has 11 heavy (non-hydrogen) atoms. The van der Waals surface area contributed by atoms with Gasteiger partial charge in [0, 0.05) is 6.04 Å². The summed E-state index contributed by atoms with van der Waals surface area (Å²) in [5.74, 6) is 0.759. The second-order valence-corrected chi connectivity index (χ2v) is 3.77. The standard InChI is InChI=1S/C9H19NO/c1-7-5-4-6-9(7)10(3)8(2)11/h7-9,11H,4-6H2,1-3H3.